The van der Waals surface area contributed by atoms with Gasteiger partial charge in [0.15, 0.2) is 0 Å². The Labute approximate surface area is 44.0 Å². The largest absolute Gasteiger partial charge is 1.00 e. The molecule has 0 aliphatic rings. The Morgan fingerprint density at radius 3 is 0.857 bits per heavy atom. The molecule has 0 aromatic heterocycles. The van der Waals surface area contributed by atoms with Gasteiger partial charge in [-0.15, -0.1) is 0 Å². The monoisotopic (exact) mass is 111 g/mol. The highest BCUT2D eigenvalue weighted by Gasteiger charge is 1.88. The lowest BCUT2D eigenvalue weighted by molar-refractivity contribution is -0.849. The average Bonchev–Trinajstić information content (AvgIpc) is 0.722. The van der Waals surface area contributed by atoms with Crippen LogP contribution in [-0.2, 0) is 0 Å². The van der Waals surface area contributed by atoms with Crippen molar-refractivity contribution in [3.8, 4) is 0 Å². The van der Waals surface area contributed by atoms with Crippen LogP contribution in [0.25, 0.3) is 0 Å². The number of nitrogens with zero attached hydrogens (tertiary/aromatic N) is 1. The molecule has 0 unspecified atom stereocenters. The van der Waals surface area contributed by atoms with Crippen LogP contribution in [0.15, 0.2) is 0 Å². The van der Waals surface area contributed by atoms with Crippen molar-refractivity contribution < 1.29 is 14.7 Å². The number of hydrogen-bond donors (Lipinski definition) is 0. The van der Waals surface area contributed by atoms with E-state index in [1.165, 1.54) is 0 Å². The highest BCUT2D eigenvalue weighted by molar-refractivity contribution is 3.87. The Morgan fingerprint density at radius 2 is 0.857 bits per heavy atom. The second kappa shape index (κ2) is 4.02. The van der Waals surface area contributed by atoms with Crippen LogP contribution in [0.4, 0.5) is 0 Å². The zero-order chi connectivity index (χ0) is 4.50. The van der Waals surface area contributed by atoms with E-state index >= 15 is 0 Å². The van der Waals surface area contributed by atoms with Crippen LogP contribution in [0.5, 0.6) is 0 Å². The lowest BCUT2D eigenvalue weighted by Crippen LogP contribution is -3.00. The van der Waals surface area contributed by atoms with Gasteiger partial charge in [0.05, 0.1) is 28.2 Å². The maximum Gasteiger partial charge on any atom is 0.0675 e. The van der Waals surface area contributed by atoms with E-state index in [1.54, 1.807) is 0 Å². The molecule has 2 N–H and O–H groups in total. The molecule has 0 rings (SSSR count). The van der Waals surface area contributed by atoms with Crippen molar-refractivity contribution in [1.82, 2.24) is 0 Å². The van der Waals surface area contributed by atoms with Gasteiger partial charge >= 0.3 is 0 Å². The predicted octanol–water partition coefficient (Wildman–Crippen LogP) is -3.50. The molecule has 0 aromatic rings. The fraction of sp³-hybridized carbons (Fsp3) is 1.00. The third kappa shape index (κ3) is 3850. The minimum Gasteiger partial charge on any atom is -1.00 e. The zero-order valence-corrected chi connectivity index (χ0v) is 5.33. The molecule has 0 aromatic carbocycles. The maximum absolute atomic E-state index is 2.12. The molecule has 0 bridgehead atoms. The van der Waals surface area contributed by atoms with Gasteiger partial charge in [0.1, 0.15) is 0 Å². The molecule has 0 atom stereocenters. The minimum absolute atomic E-state index is 0. The molecule has 0 spiro atoms. The standard InChI is InChI=1S/C4H12N.FH.H2O/c1-5(2,3)4;;/h1-4H3;1H;1H2/q+1;;/p-1. The van der Waals surface area contributed by atoms with Gasteiger partial charge in [-0.3, -0.25) is 0 Å². The molecule has 0 aliphatic carbocycles. The number of quaternary nitrogens is 1. The number of halogens is 1. The van der Waals surface area contributed by atoms with Crippen molar-refractivity contribution in [2.24, 2.45) is 0 Å². The van der Waals surface area contributed by atoms with Crippen LogP contribution >= 0.6 is 0 Å². The molecule has 2 nitrogen and oxygen atoms in total. The Kier molecular flexibility index (Phi) is 9.08. The molecule has 0 fully saturated rings. The molecule has 7 heavy (non-hydrogen) atoms. The SMILES string of the molecule is C[N+](C)(C)C.O.[F-]. The van der Waals surface area contributed by atoms with Crippen LogP contribution in [0.3, 0.4) is 0 Å². The van der Waals surface area contributed by atoms with Crippen LogP contribution < -0.4 is 4.70 Å². The highest BCUT2D eigenvalue weighted by atomic mass is 19.0. The molecule has 0 saturated heterocycles. The van der Waals surface area contributed by atoms with E-state index in [0.717, 1.165) is 4.48 Å². The van der Waals surface area contributed by atoms with E-state index in [-0.39, 0.29) is 10.2 Å². The normalized spacial score (nSPS) is 8.57. The topological polar surface area (TPSA) is 31.5 Å². The van der Waals surface area contributed by atoms with E-state index < -0.39 is 0 Å². The Hall–Kier alpha value is -0.150. The van der Waals surface area contributed by atoms with Crippen molar-refractivity contribution in [1.29, 1.82) is 0 Å². The molecule has 0 heterocycles. The molecule has 0 aliphatic heterocycles. The molecular formula is C4H14FNO. The van der Waals surface area contributed by atoms with Crippen molar-refractivity contribution in [3.63, 3.8) is 0 Å². The molecule has 3 heteroatoms. The third-order valence-corrected chi connectivity index (χ3v) is 0. The van der Waals surface area contributed by atoms with Crippen molar-refractivity contribution >= 4 is 0 Å². The van der Waals surface area contributed by atoms with Crippen LogP contribution in [0, 0.1) is 0 Å². The van der Waals surface area contributed by atoms with Gasteiger partial charge in [0.2, 0.25) is 0 Å². The first-order valence-electron chi connectivity index (χ1n) is 1.79. The summed E-state index contributed by atoms with van der Waals surface area (Å²) >= 11 is 0. The Balaban J connectivity index is -0.0000000800. The van der Waals surface area contributed by atoms with E-state index in [9.17, 15) is 0 Å². The van der Waals surface area contributed by atoms with Gasteiger partial charge in [-0.25, -0.2) is 0 Å². The summed E-state index contributed by atoms with van der Waals surface area (Å²) in [5.74, 6) is 0. The lowest BCUT2D eigenvalue weighted by Gasteiger charge is -2.14. The summed E-state index contributed by atoms with van der Waals surface area (Å²) in [6, 6.07) is 0. The van der Waals surface area contributed by atoms with E-state index in [0.29, 0.717) is 0 Å². The lowest BCUT2D eigenvalue weighted by atomic mass is 10.8. The highest BCUT2D eigenvalue weighted by Crippen LogP contribution is 1.73. The van der Waals surface area contributed by atoms with Crippen LogP contribution in [0.2, 0.25) is 0 Å². The second-order valence-electron chi connectivity index (χ2n) is 2.68. The van der Waals surface area contributed by atoms with E-state index in [4.69, 9.17) is 0 Å². The first kappa shape index (κ1) is 15.8. The van der Waals surface area contributed by atoms with Crippen LogP contribution in [-0.4, -0.2) is 38.1 Å². The quantitative estimate of drug-likeness (QED) is 0.291. The zero-order valence-electron chi connectivity index (χ0n) is 5.33. The fourth-order valence-corrected chi connectivity index (χ4v) is 0. The van der Waals surface area contributed by atoms with Crippen molar-refractivity contribution in [3.05, 3.63) is 0 Å². The Morgan fingerprint density at radius 1 is 0.857 bits per heavy atom. The minimum atomic E-state index is 0. The van der Waals surface area contributed by atoms with E-state index in [2.05, 4.69) is 28.2 Å². The molecule has 48 valence electrons. The maximum atomic E-state index is 2.12. The first-order chi connectivity index (χ1) is 2.00. The second-order valence-corrected chi connectivity index (χ2v) is 2.68. The Bertz CT molecular complexity index is 27.2. The van der Waals surface area contributed by atoms with Gasteiger partial charge in [0, 0.05) is 0 Å². The summed E-state index contributed by atoms with van der Waals surface area (Å²) < 4.78 is 1.00. The summed E-state index contributed by atoms with van der Waals surface area (Å²) in [6.07, 6.45) is 0. The van der Waals surface area contributed by atoms with Crippen LogP contribution in [0.1, 0.15) is 0 Å². The summed E-state index contributed by atoms with van der Waals surface area (Å²) in [7, 11) is 8.50. The predicted molar refractivity (Wildman–Crippen MR) is 27.6 cm³/mol. The van der Waals surface area contributed by atoms with Gasteiger partial charge in [-0.05, 0) is 0 Å². The van der Waals surface area contributed by atoms with Gasteiger partial charge in [-0.1, -0.05) is 0 Å². The van der Waals surface area contributed by atoms with Gasteiger partial charge in [0.25, 0.3) is 0 Å². The van der Waals surface area contributed by atoms with Crippen molar-refractivity contribution in [2.75, 3.05) is 28.2 Å². The van der Waals surface area contributed by atoms with Gasteiger partial charge in [-0.2, -0.15) is 0 Å². The van der Waals surface area contributed by atoms with Gasteiger partial charge < -0.3 is 14.7 Å². The fourth-order valence-electron chi connectivity index (χ4n) is 0. The smallest absolute Gasteiger partial charge is 0.0675 e. The van der Waals surface area contributed by atoms with E-state index in [1.807, 2.05) is 0 Å². The number of hydrogen-bond acceptors (Lipinski definition) is 0. The summed E-state index contributed by atoms with van der Waals surface area (Å²) in [4.78, 5) is 0. The summed E-state index contributed by atoms with van der Waals surface area (Å²) in [5, 5.41) is 0. The molecular weight excluding hydrogens is 97.0 g/mol. The number of rotatable bonds is 0. The first-order valence-corrected chi connectivity index (χ1v) is 1.79. The molecule has 0 radical (unpaired) electrons. The summed E-state index contributed by atoms with van der Waals surface area (Å²) in [5.41, 5.74) is 0. The summed E-state index contributed by atoms with van der Waals surface area (Å²) in [6.45, 7) is 0. The average molecular weight is 111 g/mol. The molecule has 0 saturated carbocycles. The third-order valence-electron chi connectivity index (χ3n) is 0. The van der Waals surface area contributed by atoms with Crippen molar-refractivity contribution in [2.45, 2.75) is 0 Å². The molecule has 0 amide bonds.